The van der Waals surface area contributed by atoms with Gasteiger partial charge in [0.25, 0.3) is 5.60 Å². The van der Waals surface area contributed by atoms with E-state index in [2.05, 4.69) is 0 Å². The molecule has 0 heterocycles. The van der Waals surface area contributed by atoms with Gasteiger partial charge in [-0.3, -0.25) is 0 Å². The smallest absolute Gasteiger partial charge is 0.348 e. The van der Waals surface area contributed by atoms with Gasteiger partial charge in [0.1, 0.15) is 11.6 Å². The van der Waals surface area contributed by atoms with Crippen molar-refractivity contribution >= 4 is 11.9 Å². The van der Waals surface area contributed by atoms with Crippen LogP contribution in [0.4, 0.5) is 8.78 Å². The van der Waals surface area contributed by atoms with Gasteiger partial charge in [0.2, 0.25) is 0 Å². The molecule has 2 N–H and O–H groups in total. The predicted molar refractivity (Wildman–Crippen MR) is 73.6 cm³/mol. The SMILES string of the molecule is Cc1c(F)ccc(CC(OC(C)(C)C)(C(=O)O)C(=O)O)c1F. The van der Waals surface area contributed by atoms with E-state index in [1.165, 1.54) is 27.7 Å². The Hall–Kier alpha value is -2.02. The fourth-order valence-electron chi connectivity index (χ4n) is 2.01. The first-order valence-electron chi connectivity index (χ1n) is 6.51. The normalized spacial score (nSPS) is 12.3. The highest BCUT2D eigenvalue weighted by atomic mass is 19.1. The first-order chi connectivity index (χ1) is 9.90. The molecule has 0 aliphatic heterocycles. The van der Waals surface area contributed by atoms with Crippen LogP contribution in [0, 0.1) is 18.6 Å². The Balaban J connectivity index is 3.39. The summed E-state index contributed by atoms with van der Waals surface area (Å²) in [5.74, 6) is -5.29. The van der Waals surface area contributed by atoms with Crippen LogP contribution in [-0.2, 0) is 20.7 Å². The number of ether oxygens (including phenoxy) is 1. The molecule has 0 saturated carbocycles. The van der Waals surface area contributed by atoms with Crippen LogP contribution in [0.5, 0.6) is 0 Å². The van der Waals surface area contributed by atoms with Crippen LogP contribution < -0.4 is 0 Å². The van der Waals surface area contributed by atoms with Gasteiger partial charge in [0.05, 0.1) is 5.60 Å². The molecular weight excluding hydrogens is 298 g/mol. The molecule has 22 heavy (non-hydrogen) atoms. The molecule has 0 bridgehead atoms. The van der Waals surface area contributed by atoms with Crippen LogP contribution in [0.25, 0.3) is 0 Å². The third-order valence-corrected chi connectivity index (χ3v) is 3.01. The van der Waals surface area contributed by atoms with Gasteiger partial charge in [-0.1, -0.05) is 6.07 Å². The third-order valence-electron chi connectivity index (χ3n) is 3.01. The molecule has 7 heteroatoms. The summed E-state index contributed by atoms with van der Waals surface area (Å²) in [6.45, 7) is 5.64. The first kappa shape index (κ1) is 18.0. The standard InChI is InChI=1S/C15H18F2O5/c1-8-10(16)6-5-9(11(8)17)7-15(12(18)19,13(20)21)22-14(2,3)4/h5-6H,7H2,1-4H3,(H,18,19)(H,20,21). The second-order valence-corrected chi connectivity index (χ2v) is 5.97. The fraction of sp³-hybridized carbons (Fsp3) is 0.467. The highest BCUT2D eigenvalue weighted by Crippen LogP contribution is 2.28. The van der Waals surface area contributed by atoms with Gasteiger partial charge in [0.15, 0.2) is 0 Å². The van der Waals surface area contributed by atoms with E-state index in [4.69, 9.17) is 4.74 Å². The van der Waals surface area contributed by atoms with Crippen molar-refractivity contribution in [1.82, 2.24) is 0 Å². The predicted octanol–water partition coefficient (Wildman–Crippen LogP) is 2.54. The van der Waals surface area contributed by atoms with Gasteiger partial charge in [-0.25, -0.2) is 18.4 Å². The summed E-state index contributed by atoms with van der Waals surface area (Å²) in [5.41, 5.74) is -4.31. The van der Waals surface area contributed by atoms with Crippen molar-refractivity contribution in [2.24, 2.45) is 0 Å². The summed E-state index contributed by atoms with van der Waals surface area (Å²) in [5, 5.41) is 18.7. The van der Waals surface area contributed by atoms with Crippen LogP contribution in [0.3, 0.4) is 0 Å². The minimum absolute atomic E-state index is 0.243. The molecule has 0 saturated heterocycles. The second kappa shape index (κ2) is 6.00. The molecule has 0 spiro atoms. The monoisotopic (exact) mass is 316 g/mol. The van der Waals surface area contributed by atoms with Crippen molar-refractivity contribution in [1.29, 1.82) is 0 Å². The van der Waals surface area contributed by atoms with Crippen LogP contribution in [-0.4, -0.2) is 33.4 Å². The van der Waals surface area contributed by atoms with Crippen molar-refractivity contribution in [2.75, 3.05) is 0 Å². The van der Waals surface area contributed by atoms with E-state index in [0.717, 1.165) is 12.1 Å². The van der Waals surface area contributed by atoms with Crippen LogP contribution in [0.1, 0.15) is 31.9 Å². The molecule has 0 radical (unpaired) electrons. The summed E-state index contributed by atoms with van der Waals surface area (Å²) in [6, 6.07) is 1.98. The Kier molecular flexibility index (Phi) is 4.92. The molecule has 0 aliphatic carbocycles. The van der Waals surface area contributed by atoms with Crippen LogP contribution in [0.15, 0.2) is 12.1 Å². The minimum Gasteiger partial charge on any atom is -0.479 e. The Morgan fingerprint density at radius 1 is 1.14 bits per heavy atom. The zero-order valence-electron chi connectivity index (χ0n) is 12.7. The fourth-order valence-corrected chi connectivity index (χ4v) is 2.01. The molecule has 0 unspecified atom stereocenters. The largest absolute Gasteiger partial charge is 0.479 e. The zero-order chi connectivity index (χ0) is 17.3. The Morgan fingerprint density at radius 2 is 1.64 bits per heavy atom. The van der Waals surface area contributed by atoms with Crippen molar-refractivity contribution in [3.63, 3.8) is 0 Å². The maximum absolute atomic E-state index is 14.1. The number of halogens is 2. The number of benzene rings is 1. The van der Waals surface area contributed by atoms with E-state index in [9.17, 15) is 28.6 Å². The lowest BCUT2D eigenvalue weighted by Gasteiger charge is -2.33. The Bertz CT molecular complexity index is 591. The average Bonchev–Trinajstić information content (AvgIpc) is 2.36. The molecule has 0 fully saturated rings. The van der Waals surface area contributed by atoms with Crippen molar-refractivity contribution in [3.8, 4) is 0 Å². The van der Waals surface area contributed by atoms with Gasteiger partial charge in [0, 0.05) is 12.0 Å². The highest BCUT2D eigenvalue weighted by molar-refractivity contribution is 6.02. The second-order valence-electron chi connectivity index (χ2n) is 5.97. The van der Waals surface area contributed by atoms with Gasteiger partial charge < -0.3 is 14.9 Å². The summed E-state index contributed by atoms with van der Waals surface area (Å²) in [7, 11) is 0. The zero-order valence-corrected chi connectivity index (χ0v) is 12.7. The molecule has 5 nitrogen and oxygen atoms in total. The van der Waals surface area contributed by atoms with Crippen LogP contribution in [0.2, 0.25) is 0 Å². The molecule has 1 rings (SSSR count). The van der Waals surface area contributed by atoms with Crippen molar-refractivity contribution < 1.29 is 33.3 Å². The van der Waals surface area contributed by atoms with Gasteiger partial charge >= 0.3 is 11.9 Å². The van der Waals surface area contributed by atoms with E-state index < -0.39 is 41.2 Å². The topological polar surface area (TPSA) is 83.8 Å². The molecular formula is C15H18F2O5. The van der Waals surface area contributed by atoms with Gasteiger partial charge in [-0.15, -0.1) is 0 Å². The lowest BCUT2D eigenvalue weighted by molar-refractivity contribution is -0.199. The Labute approximate surface area is 126 Å². The number of hydrogen-bond acceptors (Lipinski definition) is 3. The van der Waals surface area contributed by atoms with Gasteiger partial charge in [-0.05, 0) is 39.3 Å². The maximum atomic E-state index is 14.1. The summed E-state index contributed by atoms with van der Waals surface area (Å²) in [4.78, 5) is 23.0. The van der Waals surface area contributed by atoms with E-state index >= 15 is 0 Å². The van der Waals surface area contributed by atoms with Gasteiger partial charge in [-0.2, -0.15) is 0 Å². The maximum Gasteiger partial charge on any atom is 0.348 e. The van der Waals surface area contributed by atoms with Crippen molar-refractivity contribution in [3.05, 3.63) is 34.9 Å². The molecule has 0 aliphatic rings. The van der Waals surface area contributed by atoms with Crippen molar-refractivity contribution in [2.45, 2.75) is 45.3 Å². The number of carbonyl (C=O) groups is 2. The third kappa shape index (κ3) is 3.59. The molecule has 1 aromatic carbocycles. The summed E-state index contributed by atoms with van der Waals surface area (Å²) >= 11 is 0. The Morgan fingerprint density at radius 3 is 2.05 bits per heavy atom. The molecule has 0 atom stereocenters. The van der Waals surface area contributed by atoms with Crippen LogP contribution >= 0.6 is 0 Å². The molecule has 0 amide bonds. The van der Waals surface area contributed by atoms with E-state index in [1.807, 2.05) is 0 Å². The molecule has 0 aromatic heterocycles. The number of hydrogen-bond donors (Lipinski definition) is 2. The number of rotatable bonds is 5. The lowest BCUT2D eigenvalue weighted by atomic mass is 9.91. The lowest BCUT2D eigenvalue weighted by Crippen LogP contribution is -2.54. The summed E-state index contributed by atoms with van der Waals surface area (Å²) in [6.07, 6.45) is -0.762. The molecule has 122 valence electrons. The highest BCUT2D eigenvalue weighted by Gasteiger charge is 2.51. The molecule has 1 aromatic rings. The minimum atomic E-state index is -2.66. The van der Waals surface area contributed by atoms with E-state index in [0.29, 0.717) is 0 Å². The van der Waals surface area contributed by atoms with E-state index in [-0.39, 0.29) is 11.1 Å². The average molecular weight is 316 g/mol. The van der Waals surface area contributed by atoms with E-state index in [1.54, 1.807) is 0 Å². The summed E-state index contributed by atoms with van der Waals surface area (Å²) < 4.78 is 32.6. The number of aliphatic carboxylic acids is 2. The number of carboxylic acid groups (broad SMARTS) is 2. The quantitative estimate of drug-likeness (QED) is 0.816. The number of carboxylic acids is 2. The first-order valence-corrected chi connectivity index (χ1v) is 6.51.